The number of amides is 1. The Labute approximate surface area is 183 Å². The number of rotatable bonds is 10. The Morgan fingerprint density at radius 2 is 1.87 bits per heavy atom. The zero-order chi connectivity index (χ0) is 22.4. The molecule has 1 aliphatic heterocycles. The lowest BCUT2D eigenvalue weighted by Crippen LogP contribution is -2.30. The van der Waals surface area contributed by atoms with Crippen LogP contribution in [0.15, 0.2) is 34.0 Å². The fourth-order valence-corrected chi connectivity index (χ4v) is 5.39. The molecule has 1 saturated heterocycles. The molecule has 3 rings (SSSR count). The summed E-state index contributed by atoms with van der Waals surface area (Å²) in [6, 6.07) is 5.77. The molecule has 1 fully saturated rings. The van der Waals surface area contributed by atoms with Crippen molar-refractivity contribution in [2.45, 2.75) is 43.9 Å². The van der Waals surface area contributed by atoms with E-state index in [-0.39, 0.29) is 16.4 Å². The standard InChI is InChI=1S/C22H32N4O4S/c1-3-4-11-25(2)12-7-10-23-22(28)19-16-21(27)24-20-9-8-17(15-18(19)20)31(29,30)26-13-5-6-14-26/h8-9,15-16H,3-7,10-14H2,1-2H3,(H,23,28)(H,24,27). The number of hydrogen-bond acceptors (Lipinski definition) is 5. The Balaban J connectivity index is 1.77. The molecule has 2 aromatic rings. The minimum atomic E-state index is -3.62. The van der Waals surface area contributed by atoms with Crippen LogP contribution in [0.2, 0.25) is 0 Å². The highest BCUT2D eigenvalue weighted by Gasteiger charge is 2.27. The van der Waals surface area contributed by atoms with E-state index in [1.807, 2.05) is 0 Å². The number of H-pyrrole nitrogens is 1. The lowest BCUT2D eigenvalue weighted by Gasteiger charge is -2.17. The number of aromatic amines is 1. The van der Waals surface area contributed by atoms with E-state index in [2.05, 4.69) is 29.2 Å². The third kappa shape index (κ3) is 5.72. The number of fused-ring (bicyclic) bond motifs is 1. The van der Waals surface area contributed by atoms with Gasteiger partial charge in [0.2, 0.25) is 15.6 Å². The number of nitrogens with zero attached hydrogens (tertiary/aromatic N) is 2. The first-order valence-electron chi connectivity index (χ1n) is 11.0. The van der Waals surface area contributed by atoms with Gasteiger partial charge in [0.25, 0.3) is 5.91 Å². The lowest BCUT2D eigenvalue weighted by atomic mass is 10.1. The van der Waals surface area contributed by atoms with E-state index in [0.717, 1.165) is 45.2 Å². The van der Waals surface area contributed by atoms with Gasteiger partial charge in [0.1, 0.15) is 0 Å². The average Bonchev–Trinajstić information content (AvgIpc) is 3.30. The number of carbonyl (C=O) groups is 1. The molecule has 31 heavy (non-hydrogen) atoms. The van der Waals surface area contributed by atoms with Crippen molar-refractivity contribution in [2.75, 3.05) is 39.8 Å². The second kappa shape index (κ2) is 10.4. The molecule has 2 N–H and O–H groups in total. The van der Waals surface area contributed by atoms with Crippen LogP contribution in [-0.2, 0) is 10.0 Å². The number of carbonyl (C=O) groups excluding carboxylic acids is 1. The highest BCUT2D eigenvalue weighted by atomic mass is 32.2. The summed E-state index contributed by atoms with van der Waals surface area (Å²) in [4.78, 5) is 29.9. The number of benzene rings is 1. The Kier molecular flexibility index (Phi) is 7.85. The molecule has 0 aliphatic carbocycles. The zero-order valence-electron chi connectivity index (χ0n) is 18.3. The van der Waals surface area contributed by atoms with Crippen molar-refractivity contribution in [2.24, 2.45) is 0 Å². The first kappa shape index (κ1) is 23.4. The van der Waals surface area contributed by atoms with Gasteiger partial charge in [-0.2, -0.15) is 4.31 Å². The molecule has 2 heterocycles. The molecule has 0 atom stereocenters. The van der Waals surface area contributed by atoms with E-state index in [1.54, 1.807) is 6.07 Å². The third-order valence-electron chi connectivity index (χ3n) is 5.66. The van der Waals surface area contributed by atoms with Gasteiger partial charge < -0.3 is 15.2 Å². The number of nitrogens with one attached hydrogen (secondary N) is 2. The smallest absolute Gasteiger partial charge is 0.252 e. The van der Waals surface area contributed by atoms with E-state index < -0.39 is 15.6 Å². The van der Waals surface area contributed by atoms with Gasteiger partial charge in [0, 0.05) is 36.6 Å². The molecule has 1 aromatic heterocycles. The van der Waals surface area contributed by atoms with Crippen LogP contribution in [0.3, 0.4) is 0 Å². The van der Waals surface area contributed by atoms with Gasteiger partial charge in [-0.25, -0.2) is 8.42 Å². The second-order valence-corrected chi connectivity index (χ2v) is 10.1. The molecular formula is C22H32N4O4S. The summed E-state index contributed by atoms with van der Waals surface area (Å²) in [6.07, 6.45) is 4.78. The van der Waals surface area contributed by atoms with E-state index >= 15 is 0 Å². The van der Waals surface area contributed by atoms with Crippen molar-refractivity contribution in [1.29, 1.82) is 0 Å². The second-order valence-electron chi connectivity index (χ2n) is 8.13. The predicted octanol–water partition coefficient (Wildman–Crippen LogP) is 2.16. The summed E-state index contributed by atoms with van der Waals surface area (Å²) in [7, 11) is -1.56. The van der Waals surface area contributed by atoms with Crippen molar-refractivity contribution < 1.29 is 13.2 Å². The normalized spacial score (nSPS) is 15.1. The number of aromatic nitrogens is 1. The van der Waals surface area contributed by atoms with Crippen molar-refractivity contribution in [1.82, 2.24) is 19.5 Å². The topological polar surface area (TPSA) is 103 Å². The molecule has 0 spiro atoms. The molecule has 170 valence electrons. The Morgan fingerprint density at radius 1 is 1.16 bits per heavy atom. The molecule has 1 aromatic carbocycles. The van der Waals surface area contributed by atoms with Crippen molar-refractivity contribution >= 4 is 26.8 Å². The molecule has 1 amide bonds. The molecule has 9 heteroatoms. The lowest BCUT2D eigenvalue weighted by molar-refractivity contribution is 0.0953. The number of sulfonamides is 1. The molecule has 8 nitrogen and oxygen atoms in total. The number of pyridine rings is 1. The summed E-state index contributed by atoms with van der Waals surface area (Å²) < 4.78 is 27.3. The van der Waals surface area contributed by atoms with Crippen LogP contribution in [-0.4, -0.2) is 68.3 Å². The summed E-state index contributed by atoms with van der Waals surface area (Å²) in [6.45, 7) is 5.54. The van der Waals surface area contributed by atoms with E-state index in [1.165, 1.54) is 22.5 Å². The molecule has 0 saturated carbocycles. The first-order chi connectivity index (χ1) is 14.8. The van der Waals surface area contributed by atoms with Gasteiger partial charge in [0.15, 0.2) is 0 Å². The monoisotopic (exact) mass is 448 g/mol. The Hall–Kier alpha value is -2.23. The van der Waals surface area contributed by atoms with Crippen LogP contribution < -0.4 is 10.9 Å². The predicted molar refractivity (Wildman–Crippen MR) is 122 cm³/mol. The summed E-state index contributed by atoms with van der Waals surface area (Å²) >= 11 is 0. The SMILES string of the molecule is CCCCN(C)CCCNC(=O)c1cc(=O)[nH]c2ccc(S(=O)(=O)N3CCCC3)cc12. The molecule has 0 radical (unpaired) electrons. The van der Waals surface area contributed by atoms with Gasteiger partial charge in [-0.05, 0) is 64.0 Å². The fraction of sp³-hybridized carbons (Fsp3) is 0.545. The third-order valence-corrected chi connectivity index (χ3v) is 7.55. The number of hydrogen-bond donors (Lipinski definition) is 2. The maximum Gasteiger partial charge on any atom is 0.252 e. The van der Waals surface area contributed by atoms with Gasteiger partial charge in [0.05, 0.1) is 10.5 Å². The van der Waals surface area contributed by atoms with Crippen molar-refractivity contribution in [3.05, 3.63) is 40.2 Å². The molecule has 0 unspecified atom stereocenters. The maximum atomic E-state index is 12.9. The maximum absolute atomic E-state index is 12.9. The van der Waals surface area contributed by atoms with E-state index in [9.17, 15) is 18.0 Å². The minimum absolute atomic E-state index is 0.139. The van der Waals surface area contributed by atoms with Crippen LogP contribution in [0.25, 0.3) is 10.9 Å². The highest BCUT2D eigenvalue weighted by molar-refractivity contribution is 7.89. The molecular weight excluding hydrogens is 416 g/mol. The van der Waals surface area contributed by atoms with Crippen molar-refractivity contribution in [3.63, 3.8) is 0 Å². The van der Waals surface area contributed by atoms with Crippen LogP contribution in [0.1, 0.15) is 49.4 Å². The largest absolute Gasteiger partial charge is 0.352 e. The van der Waals surface area contributed by atoms with Gasteiger partial charge in [-0.3, -0.25) is 9.59 Å². The number of unbranched alkanes of at least 4 members (excludes halogenated alkanes) is 1. The highest BCUT2D eigenvalue weighted by Crippen LogP contribution is 2.25. The summed E-state index contributed by atoms with van der Waals surface area (Å²) in [5.41, 5.74) is 0.237. The molecule has 1 aliphatic rings. The van der Waals surface area contributed by atoms with E-state index in [0.29, 0.717) is 30.5 Å². The van der Waals surface area contributed by atoms with Crippen LogP contribution >= 0.6 is 0 Å². The summed E-state index contributed by atoms with van der Waals surface area (Å²) in [5.74, 6) is -0.372. The molecule has 0 bridgehead atoms. The van der Waals surface area contributed by atoms with E-state index in [4.69, 9.17) is 0 Å². The quantitative estimate of drug-likeness (QED) is 0.542. The van der Waals surface area contributed by atoms with Crippen LogP contribution in [0.4, 0.5) is 0 Å². The zero-order valence-corrected chi connectivity index (χ0v) is 19.1. The van der Waals surface area contributed by atoms with Gasteiger partial charge >= 0.3 is 0 Å². The fourth-order valence-electron chi connectivity index (χ4n) is 3.84. The minimum Gasteiger partial charge on any atom is -0.352 e. The van der Waals surface area contributed by atoms with Crippen molar-refractivity contribution in [3.8, 4) is 0 Å². The Morgan fingerprint density at radius 3 is 2.58 bits per heavy atom. The van der Waals surface area contributed by atoms with Crippen LogP contribution in [0.5, 0.6) is 0 Å². The van der Waals surface area contributed by atoms with Crippen LogP contribution in [0, 0.1) is 0 Å². The summed E-state index contributed by atoms with van der Waals surface area (Å²) in [5, 5.41) is 3.29. The Bertz CT molecular complexity index is 1070. The average molecular weight is 449 g/mol. The van der Waals surface area contributed by atoms with Gasteiger partial charge in [-0.1, -0.05) is 13.3 Å². The van der Waals surface area contributed by atoms with Gasteiger partial charge in [-0.15, -0.1) is 0 Å². The first-order valence-corrected chi connectivity index (χ1v) is 12.4.